The van der Waals surface area contributed by atoms with Crippen LogP contribution in [0.25, 0.3) is 0 Å². The number of rotatable bonds is 7. The maximum absolute atomic E-state index is 13.1. The number of hydrogen-bond acceptors (Lipinski definition) is 4. The summed E-state index contributed by atoms with van der Waals surface area (Å²) in [6.45, 7) is 2.98. The van der Waals surface area contributed by atoms with Crippen molar-refractivity contribution in [3.63, 3.8) is 0 Å². The first kappa shape index (κ1) is 23.1. The third-order valence-corrected chi connectivity index (χ3v) is 3.90. The molecule has 0 bridgehead atoms. The van der Waals surface area contributed by atoms with Crippen molar-refractivity contribution in [2.45, 2.75) is 51.1 Å². The second kappa shape index (κ2) is 11.0. The van der Waals surface area contributed by atoms with Crippen LogP contribution in [0.1, 0.15) is 49.0 Å². The normalized spacial score (nSPS) is 13.2. The van der Waals surface area contributed by atoms with Gasteiger partial charge in [-0.05, 0) is 49.5 Å². The van der Waals surface area contributed by atoms with Gasteiger partial charge in [0.25, 0.3) is 18.2 Å². The van der Waals surface area contributed by atoms with E-state index < -0.39 is 29.8 Å². The van der Waals surface area contributed by atoms with E-state index in [0.29, 0.717) is 5.56 Å². The number of nitrogens with one attached hydrogen (secondary N) is 2. The van der Waals surface area contributed by atoms with Gasteiger partial charge in [-0.25, -0.2) is 14.3 Å². The Hall–Kier alpha value is -2.94. The number of benzene rings is 1. The number of carbonyl (C=O) groups excluding carboxylic acids is 2. The lowest BCUT2D eigenvalue weighted by Gasteiger charge is -2.32. The molecule has 0 saturated carbocycles. The van der Waals surface area contributed by atoms with E-state index in [9.17, 15) is 18.4 Å². The molecule has 8 heteroatoms. The maximum atomic E-state index is 13.1. The number of hydroxylamine groups is 1. The summed E-state index contributed by atoms with van der Waals surface area (Å²) >= 11 is 0. The summed E-state index contributed by atoms with van der Waals surface area (Å²) in [7, 11) is 0. The molecule has 0 aromatic heterocycles. The first-order valence-corrected chi connectivity index (χ1v) is 8.64. The minimum Gasteiger partial charge on any atom is -0.338 e. The van der Waals surface area contributed by atoms with E-state index in [0.717, 1.165) is 26.2 Å². The third-order valence-electron chi connectivity index (χ3n) is 3.90. The summed E-state index contributed by atoms with van der Waals surface area (Å²) in [5.74, 6) is 9.14. The molecule has 1 aromatic carbocycles. The Kier molecular flexibility index (Phi) is 9.10. The molecule has 2 unspecified atom stereocenters. The SMILES string of the molecule is CCCCC#CC#Cc1ccc(C(=O)NC(C(=O)NO)C(C)(N)C(F)F)cc1. The zero-order valence-corrected chi connectivity index (χ0v) is 15.7. The van der Waals surface area contributed by atoms with Crippen LogP contribution in [0.4, 0.5) is 8.78 Å². The third kappa shape index (κ3) is 6.66. The molecule has 0 heterocycles. The van der Waals surface area contributed by atoms with E-state index in [4.69, 9.17) is 10.9 Å². The Morgan fingerprint density at radius 1 is 1.25 bits per heavy atom. The number of nitrogens with two attached hydrogens (primary N) is 1. The molecule has 0 spiro atoms. The molecule has 150 valence electrons. The second-order valence-electron chi connectivity index (χ2n) is 6.28. The van der Waals surface area contributed by atoms with E-state index >= 15 is 0 Å². The van der Waals surface area contributed by atoms with Crippen molar-refractivity contribution >= 4 is 11.8 Å². The van der Waals surface area contributed by atoms with Crippen molar-refractivity contribution in [2.24, 2.45) is 5.73 Å². The van der Waals surface area contributed by atoms with Crippen LogP contribution in [0.15, 0.2) is 24.3 Å². The van der Waals surface area contributed by atoms with Gasteiger partial charge in [0.1, 0.15) is 11.6 Å². The summed E-state index contributed by atoms with van der Waals surface area (Å²) in [6.07, 6.45) is -0.258. The van der Waals surface area contributed by atoms with Gasteiger partial charge >= 0.3 is 0 Å². The number of carbonyl (C=O) groups is 2. The van der Waals surface area contributed by atoms with Gasteiger partial charge in [0, 0.05) is 17.5 Å². The van der Waals surface area contributed by atoms with Crippen molar-refractivity contribution < 1.29 is 23.6 Å². The lowest BCUT2D eigenvalue weighted by molar-refractivity contribution is -0.134. The molecule has 28 heavy (non-hydrogen) atoms. The predicted molar refractivity (Wildman–Crippen MR) is 100 cm³/mol. The molecule has 1 aromatic rings. The maximum Gasteiger partial charge on any atom is 0.268 e. The Balaban J connectivity index is 2.87. The number of halogens is 2. The zero-order chi connectivity index (χ0) is 21.2. The first-order chi connectivity index (χ1) is 13.2. The smallest absolute Gasteiger partial charge is 0.268 e. The molecular formula is C20H23F2N3O3. The fraction of sp³-hybridized carbons (Fsp3) is 0.400. The van der Waals surface area contributed by atoms with Crippen LogP contribution in [0.5, 0.6) is 0 Å². The molecular weight excluding hydrogens is 368 g/mol. The highest BCUT2D eigenvalue weighted by atomic mass is 19.3. The monoisotopic (exact) mass is 391 g/mol. The van der Waals surface area contributed by atoms with Crippen LogP contribution in [0, 0.1) is 23.7 Å². The Bertz CT molecular complexity index is 800. The van der Waals surface area contributed by atoms with Gasteiger partial charge in [0.05, 0.1) is 0 Å². The standard InChI is InChI=1S/C20H23F2N3O3/c1-3-4-5-6-7-8-9-14-10-12-15(13-11-14)17(26)24-16(18(27)25-28)20(2,23)19(21)22/h10-13,16,19,28H,3-5,23H2,1-2H3,(H,24,26)(H,25,27). The van der Waals surface area contributed by atoms with Gasteiger partial charge in [-0.3, -0.25) is 14.8 Å². The average molecular weight is 391 g/mol. The van der Waals surface area contributed by atoms with Gasteiger partial charge in [-0.2, -0.15) is 0 Å². The zero-order valence-electron chi connectivity index (χ0n) is 15.7. The Morgan fingerprint density at radius 3 is 2.43 bits per heavy atom. The average Bonchev–Trinajstić information content (AvgIpc) is 2.68. The van der Waals surface area contributed by atoms with Crippen molar-refractivity contribution in [3.05, 3.63) is 35.4 Å². The Labute approximate surface area is 162 Å². The largest absolute Gasteiger partial charge is 0.338 e. The summed E-state index contributed by atoms with van der Waals surface area (Å²) in [5.41, 5.74) is 5.04. The lowest BCUT2D eigenvalue weighted by Crippen LogP contribution is -2.66. The van der Waals surface area contributed by atoms with Gasteiger partial charge in [0.15, 0.2) is 0 Å². The van der Waals surface area contributed by atoms with E-state index in [-0.39, 0.29) is 5.56 Å². The molecule has 0 aliphatic heterocycles. The van der Waals surface area contributed by atoms with Crippen LogP contribution < -0.4 is 16.5 Å². The fourth-order valence-corrected chi connectivity index (χ4v) is 2.09. The first-order valence-electron chi connectivity index (χ1n) is 8.64. The van der Waals surface area contributed by atoms with Gasteiger partial charge in [-0.1, -0.05) is 25.2 Å². The quantitative estimate of drug-likeness (QED) is 0.246. The van der Waals surface area contributed by atoms with Crippen molar-refractivity contribution in [2.75, 3.05) is 0 Å². The molecule has 6 nitrogen and oxygen atoms in total. The Morgan fingerprint density at radius 2 is 1.89 bits per heavy atom. The molecule has 0 fully saturated rings. The number of alkyl halides is 2. The van der Waals surface area contributed by atoms with Gasteiger partial charge < -0.3 is 11.1 Å². The molecule has 2 atom stereocenters. The topological polar surface area (TPSA) is 104 Å². The highest BCUT2D eigenvalue weighted by molar-refractivity contribution is 5.98. The van der Waals surface area contributed by atoms with E-state index in [2.05, 4.69) is 35.9 Å². The molecule has 2 amide bonds. The molecule has 0 aliphatic rings. The highest BCUT2D eigenvalue weighted by Gasteiger charge is 2.44. The van der Waals surface area contributed by atoms with Crippen LogP contribution in [0.2, 0.25) is 0 Å². The van der Waals surface area contributed by atoms with E-state index in [1.165, 1.54) is 17.6 Å². The summed E-state index contributed by atoms with van der Waals surface area (Å²) in [5, 5.41) is 10.9. The summed E-state index contributed by atoms with van der Waals surface area (Å²) in [4.78, 5) is 24.0. The van der Waals surface area contributed by atoms with Crippen molar-refractivity contribution in [1.29, 1.82) is 0 Å². The second-order valence-corrected chi connectivity index (χ2v) is 6.28. The molecule has 0 saturated heterocycles. The lowest BCUT2D eigenvalue weighted by atomic mass is 9.92. The van der Waals surface area contributed by atoms with Crippen LogP contribution in [0.3, 0.4) is 0 Å². The van der Waals surface area contributed by atoms with Crippen LogP contribution in [-0.4, -0.2) is 35.0 Å². The van der Waals surface area contributed by atoms with E-state index in [1.807, 2.05) is 0 Å². The molecule has 5 N–H and O–H groups in total. The van der Waals surface area contributed by atoms with Gasteiger partial charge in [-0.15, -0.1) is 0 Å². The number of amides is 2. The van der Waals surface area contributed by atoms with Gasteiger partial charge in [0.2, 0.25) is 0 Å². The summed E-state index contributed by atoms with van der Waals surface area (Å²) in [6, 6.07) is 4.13. The number of unbranched alkanes of at least 4 members (excludes halogenated alkanes) is 2. The highest BCUT2D eigenvalue weighted by Crippen LogP contribution is 2.18. The van der Waals surface area contributed by atoms with E-state index in [1.54, 1.807) is 12.1 Å². The molecule has 0 radical (unpaired) electrons. The molecule has 1 rings (SSSR count). The molecule has 0 aliphatic carbocycles. The number of hydrogen-bond donors (Lipinski definition) is 4. The minimum atomic E-state index is -3.12. The van der Waals surface area contributed by atoms with Crippen molar-refractivity contribution in [1.82, 2.24) is 10.8 Å². The fourth-order valence-electron chi connectivity index (χ4n) is 2.09. The van der Waals surface area contributed by atoms with Crippen LogP contribution >= 0.6 is 0 Å². The summed E-state index contributed by atoms with van der Waals surface area (Å²) < 4.78 is 26.2. The predicted octanol–water partition coefficient (Wildman–Crippen LogP) is 1.82. The minimum absolute atomic E-state index is 0.111. The van der Waals surface area contributed by atoms with Crippen LogP contribution in [-0.2, 0) is 4.79 Å². The van der Waals surface area contributed by atoms with Crippen molar-refractivity contribution in [3.8, 4) is 23.7 Å².